The first-order chi connectivity index (χ1) is 7.91. The van der Waals surface area contributed by atoms with E-state index in [4.69, 9.17) is 0 Å². The fourth-order valence-electron chi connectivity index (χ4n) is 2.38. The van der Waals surface area contributed by atoms with Crippen molar-refractivity contribution in [2.75, 3.05) is 5.75 Å². The summed E-state index contributed by atoms with van der Waals surface area (Å²) in [6.45, 7) is 3.57. The third-order valence-corrected chi connectivity index (χ3v) is 5.39. The number of rotatable bonds is 3. The average molecular weight is 255 g/mol. The van der Waals surface area contributed by atoms with Gasteiger partial charge in [-0.2, -0.15) is 0 Å². The van der Waals surface area contributed by atoms with Gasteiger partial charge in [-0.1, -0.05) is 31.2 Å². The van der Waals surface area contributed by atoms with Gasteiger partial charge in [0.1, 0.15) is 0 Å². The molecule has 1 aliphatic carbocycles. The zero-order valence-corrected chi connectivity index (χ0v) is 10.9. The lowest BCUT2D eigenvalue weighted by Crippen LogP contribution is -2.61. The van der Waals surface area contributed by atoms with Gasteiger partial charge in [-0.15, -0.1) is 0 Å². The molecule has 2 aliphatic rings. The van der Waals surface area contributed by atoms with Crippen molar-refractivity contribution in [2.45, 2.75) is 32.7 Å². The fraction of sp³-hybridized carbons (Fsp3) is 0.583. The van der Waals surface area contributed by atoms with Crippen LogP contribution in [0, 0.1) is 5.41 Å². The lowest BCUT2D eigenvalue weighted by atomic mass is 9.73. The molecule has 1 saturated heterocycles. The highest BCUT2D eigenvalue weighted by molar-refractivity contribution is 7.89. The van der Waals surface area contributed by atoms with Gasteiger partial charge in [-0.3, -0.25) is 4.79 Å². The van der Waals surface area contributed by atoms with Crippen molar-refractivity contribution in [1.29, 1.82) is 0 Å². The molecule has 0 N–H and O–H groups in total. The molecule has 0 aromatic heterocycles. The standard InChI is InChI=1S/C12H17NO3S/c1-3-17(15,16)13-10(9-11(13)14)12(2)7-5-4-6-8-12/h4-7,10H,3,8-9H2,1-2H3/t10-,12?/m0/s1. The van der Waals surface area contributed by atoms with Gasteiger partial charge >= 0.3 is 0 Å². The molecule has 94 valence electrons. The molecule has 0 bridgehead atoms. The van der Waals surface area contributed by atoms with Crippen LogP contribution in [0.1, 0.15) is 26.7 Å². The minimum Gasteiger partial charge on any atom is -0.274 e. The Kier molecular flexibility index (Phi) is 2.89. The molecular weight excluding hydrogens is 238 g/mol. The highest BCUT2D eigenvalue weighted by Crippen LogP contribution is 2.42. The monoisotopic (exact) mass is 255 g/mol. The molecule has 2 rings (SSSR count). The molecule has 0 aromatic rings. The van der Waals surface area contributed by atoms with Crippen LogP contribution in [0.5, 0.6) is 0 Å². The predicted octanol–water partition coefficient (Wildman–Crippen LogP) is 1.46. The largest absolute Gasteiger partial charge is 0.274 e. The van der Waals surface area contributed by atoms with Crippen LogP contribution >= 0.6 is 0 Å². The predicted molar refractivity (Wildman–Crippen MR) is 65.7 cm³/mol. The first-order valence-corrected chi connectivity index (χ1v) is 7.41. The number of hydrogen-bond acceptors (Lipinski definition) is 3. The van der Waals surface area contributed by atoms with E-state index in [0.717, 1.165) is 10.7 Å². The quantitative estimate of drug-likeness (QED) is 0.717. The van der Waals surface area contributed by atoms with Crippen molar-refractivity contribution >= 4 is 15.9 Å². The molecule has 1 aliphatic heterocycles. The van der Waals surface area contributed by atoms with E-state index in [9.17, 15) is 13.2 Å². The minimum atomic E-state index is -3.42. The first kappa shape index (κ1) is 12.4. The molecule has 0 saturated carbocycles. The molecule has 17 heavy (non-hydrogen) atoms. The second kappa shape index (κ2) is 3.98. The average Bonchev–Trinajstić information content (AvgIpc) is 2.26. The van der Waals surface area contributed by atoms with Crippen molar-refractivity contribution < 1.29 is 13.2 Å². The molecule has 1 amide bonds. The van der Waals surface area contributed by atoms with Gasteiger partial charge in [0.15, 0.2) is 0 Å². The van der Waals surface area contributed by atoms with Crippen LogP contribution in [0.2, 0.25) is 0 Å². The maximum Gasteiger partial charge on any atom is 0.238 e. The highest BCUT2D eigenvalue weighted by Gasteiger charge is 2.51. The van der Waals surface area contributed by atoms with E-state index in [1.54, 1.807) is 6.92 Å². The minimum absolute atomic E-state index is 0.0229. The smallest absolute Gasteiger partial charge is 0.238 e. The molecule has 1 fully saturated rings. The normalized spacial score (nSPS) is 32.7. The van der Waals surface area contributed by atoms with Crippen molar-refractivity contribution in [2.24, 2.45) is 5.41 Å². The lowest BCUT2D eigenvalue weighted by Gasteiger charge is -2.48. The number of nitrogens with zero attached hydrogens (tertiary/aromatic N) is 1. The van der Waals surface area contributed by atoms with Crippen molar-refractivity contribution in [3.05, 3.63) is 24.3 Å². The number of allylic oxidation sites excluding steroid dienone is 3. The van der Waals surface area contributed by atoms with E-state index in [2.05, 4.69) is 0 Å². The summed E-state index contributed by atoms with van der Waals surface area (Å²) in [4.78, 5) is 11.5. The van der Waals surface area contributed by atoms with Crippen LogP contribution < -0.4 is 0 Å². The van der Waals surface area contributed by atoms with Gasteiger partial charge in [-0.05, 0) is 13.3 Å². The first-order valence-electron chi connectivity index (χ1n) is 5.80. The van der Waals surface area contributed by atoms with Gasteiger partial charge in [-0.25, -0.2) is 12.7 Å². The van der Waals surface area contributed by atoms with Crippen molar-refractivity contribution in [3.63, 3.8) is 0 Å². The number of β-lactam (4-membered cyclic amide) rings is 1. The molecule has 1 unspecified atom stereocenters. The summed E-state index contributed by atoms with van der Waals surface area (Å²) in [6, 6.07) is -0.221. The van der Waals surface area contributed by atoms with Crippen molar-refractivity contribution in [3.8, 4) is 0 Å². The summed E-state index contributed by atoms with van der Waals surface area (Å²) < 4.78 is 24.8. The molecular formula is C12H17NO3S. The van der Waals surface area contributed by atoms with E-state index < -0.39 is 10.0 Å². The molecule has 5 heteroatoms. The Morgan fingerprint density at radius 2 is 2.18 bits per heavy atom. The summed E-state index contributed by atoms with van der Waals surface area (Å²) in [6.07, 6.45) is 8.98. The van der Waals surface area contributed by atoms with Crippen LogP contribution in [-0.2, 0) is 14.8 Å². The third-order valence-electron chi connectivity index (χ3n) is 3.60. The number of sulfonamides is 1. The number of carbonyl (C=O) groups excluding carboxylic acids is 1. The summed E-state index contributed by atoms with van der Waals surface area (Å²) in [5, 5.41) is 0. The summed E-state index contributed by atoms with van der Waals surface area (Å²) in [5.41, 5.74) is -0.259. The molecule has 1 heterocycles. The molecule has 0 spiro atoms. The second-order valence-electron chi connectivity index (χ2n) is 4.81. The summed E-state index contributed by atoms with van der Waals surface area (Å²) in [7, 11) is -3.42. The molecule has 2 atom stereocenters. The molecule has 0 aromatic carbocycles. The zero-order chi connectivity index (χ0) is 12.7. The Bertz CT molecular complexity index is 492. The number of amides is 1. The summed E-state index contributed by atoms with van der Waals surface area (Å²) >= 11 is 0. The van der Waals surface area contributed by atoms with Crippen LogP contribution in [-0.4, -0.2) is 30.4 Å². The Labute approximate surface area is 102 Å². The Morgan fingerprint density at radius 3 is 2.65 bits per heavy atom. The van der Waals surface area contributed by atoms with E-state index in [1.807, 2.05) is 31.2 Å². The number of hydrogen-bond donors (Lipinski definition) is 0. The summed E-state index contributed by atoms with van der Waals surface area (Å²) in [5.74, 6) is -0.300. The molecule has 0 radical (unpaired) electrons. The Hall–Kier alpha value is -1.10. The van der Waals surface area contributed by atoms with E-state index in [0.29, 0.717) is 6.42 Å². The van der Waals surface area contributed by atoms with Gasteiger partial charge in [0.05, 0.1) is 18.2 Å². The van der Waals surface area contributed by atoms with Gasteiger partial charge in [0, 0.05) is 5.41 Å². The van der Waals surface area contributed by atoms with E-state index in [1.165, 1.54) is 0 Å². The zero-order valence-electron chi connectivity index (χ0n) is 10.1. The van der Waals surface area contributed by atoms with Gasteiger partial charge < -0.3 is 0 Å². The second-order valence-corrected chi connectivity index (χ2v) is 6.94. The van der Waals surface area contributed by atoms with Crippen LogP contribution in [0.3, 0.4) is 0 Å². The lowest BCUT2D eigenvalue weighted by molar-refractivity contribution is -0.141. The SMILES string of the molecule is CCS(=O)(=O)N1C(=O)C[C@H]1C1(C)C=CC=CC1. The molecule has 4 nitrogen and oxygen atoms in total. The van der Waals surface area contributed by atoms with E-state index in [-0.39, 0.29) is 23.1 Å². The van der Waals surface area contributed by atoms with Crippen LogP contribution in [0.25, 0.3) is 0 Å². The Balaban J connectivity index is 2.27. The van der Waals surface area contributed by atoms with Gasteiger partial charge in [0.25, 0.3) is 0 Å². The van der Waals surface area contributed by atoms with Gasteiger partial charge in [0.2, 0.25) is 15.9 Å². The van der Waals surface area contributed by atoms with Crippen LogP contribution in [0.4, 0.5) is 0 Å². The maximum absolute atomic E-state index is 11.9. The topological polar surface area (TPSA) is 54.5 Å². The third kappa shape index (κ3) is 1.92. The van der Waals surface area contributed by atoms with Crippen LogP contribution in [0.15, 0.2) is 24.3 Å². The van der Waals surface area contributed by atoms with Crippen molar-refractivity contribution in [1.82, 2.24) is 4.31 Å². The fourth-order valence-corrected chi connectivity index (χ4v) is 3.75. The Morgan fingerprint density at radius 1 is 1.47 bits per heavy atom. The highest BCUT2D eigenvalue weighted by atomic mass is 32.2. The number of carbonyl (C=O) groups is 1. The maximum atomic E-state index is 11.9. The van der Waals surface area contributed by atoms with E-state index >= 15 is 0 Å².